The van der Waals surface area contributed by atoms with Crippen LogP contribution in [0.3, 0.4) is 0 Å². The second kappa shape index (κ2) is 6.48. The summed E-state index contributed by atoms with van der Waals surface area (Å²) in [5.74, 6) is -0.235. The van der Waals surface area contributed by atoms with Crippen molar-refractivity contribution < 1.29 is 4.79 Å². The van der Waals surface area contributed by atoms with Crippen LogP contribution in [0.4, 0.5) is 0 Å². The first kappa shape index (κ1) is 13.0. The quantitative estimate of drug-likeness (QED) is 0.799. The highest BCUT2D eigenvalue weighted by Crippen LogP contribution is 2.10. The summed E-state index contributed by atoms with van der Waals surface area (Å²) in [7, 11) is 0. The number of hydrogen-bond donors (Lipinski definition) is 2. The number of thiophene rings is 1. The van der Waals surface area contributed by atoms with Crippen molar-refractivity contribution >= 4 is 23.5 Å². The van der Waals surface area contributed by atoms with Gasteiger partial charge in [0.15, 0.2) is 0 Å². The van der Waals surface area contributed by atoms with Crippen molar-refractivity contribution in [3.05, 3.63) is 22.4 Å². The molecule has 1 aliphatic heterocycles. The molecule has 0 aromatic carbocycles. The van der Waals surface area contributed by atoms with Crippen molar-refractivity contribution in [3.63, 3.8) is 0 Å². The summed E-state index contributed by atoms with van der Waals surface area (Å²) in [5, 5.41) is 9.77. The van der Waals surface area contributed by atoms with Gasteiger partial charge < -0.3 is 0 Å². The van der Waals surface area contributed by atoms with Crippen LogP contribution in [0.5, 0.6) is 0 Å². The van der Waals surface area contributed by atoms with Gasteiger partial charge in [0.1, 0.15) is 6.21 Å². The molecular formula is C11H17N5OS. The van der Waals surface area contributed by atoms with Crippen molar-refractivity contribution in [2.24, 2.45) is 5.10 Å². The standard InChI is InChI=1S/C11H17N5OS/c1-2-6-15(7-5-10-4-3-8-18-10)16-12-9-11(17)13-14-16/h3-4,8-9,14H,2,5-7H2,1H3,(H,13,17). The summed E-state index contributed by atoms with van der Waals surface area (Å²) in [6, 6.07) is 4.19. The van der Waals surface area contributed by atoms with E-state index in [0.29, 0.717) is 0 Å². The first-order valence-electron chi connectivity index (χ1n) is 5.96. The first-order valence-corrected chi connectivity index (χ1v) is 6.84. The lowest BCUT2D eigenvalue weighted by Gasteiger charge is -2.33. The highest BCUT2D eigenvalue weighted by Gasteiger charge is 2.16. The Morgan fingerprint density at radius 2 is 2.39 bits per heavy atom. The van der Waals surface area contributed by atoms with Gasteiger partial charge in [-0.2, -0.15) is 5.01 Å². The number of hydrazine groups is 3. The normalized spacial score (nSPS) is 15.2. The minimum Gasteiger partial charge on any atom is -0.267 e. The third-order valence-electron chi connectivity index (χ3n) is 2.51. The average Bonchev–Trinajstić information content (AvgIpc) is 2.89. The number of hydrazone groups is 1. The minimum atomic E-state index is -0.235. The van der Waals surface area contributed by atoms with Gasteiger partial charge in [-0.05, 0) is 24.3 Å². The van der Waals surface area contributed by atoms with Gasteiger partial charge >= 0.3 is 0 Å². The summed E-state index contributed by atoms with van der Waals surface area (Å²) < 4.78 is 0. The Bertz CT molecular complexity index is 406. The van der Waals surface area contributed by atoms with Crippen LogP contribution in [-0.2, 0) is 11.2 Å². The second-order valence-electron chi connectivity index (χ2n) is 3.92. The Kier molecular flexibility index (Phi) is 4.68. The van der Waals surface area contributed by atoms with Gasteiger partial charge in [0.25, 0.3) is 5.91 Å². The molecule has 0 saturated carbocycles. The number of nitrogens with one attached hydrogen (secondary N) is 2. The van der Waals surface area contributed by atoms with Gasteiger partial charge in [0, 0.05) is 18.0 Å². The summed E-state index contributed by atoms with van der Waals surface area (Å²) in [4.78, 5) is 12.3. The van der Waals surface area contributed by atoms with Gasteiger partial charge in [-0.1, -0.05) is 13.0 Å². The third-order valence-corrected chi connectivity index (χ3v) is 3.45. The minimum absolute atomic E-state index is 0.235. The molecule has 2 N–H and O–H groups in total. The van der Waals surface area contributed by atoms with Gasteiger partial charge in [-0.3, -0.25) is 10.2 Å². The van der Waals surface area contributed by atoms with E-state index < -0.39 is 0 Å². The number of nitrogens with zero attached hydrogens (tertiary/aromatic N) is 3. The lowest BCUT2D eigenvalue weighted by Crippen LogP contribution is -2.58. The van der Waals surface area contributed by atoms with E-state index in [0.717, 1.165) is 25.9 Å². The molecule has 1 aliphatic rings. The predicted molar refractivity (Wildman–Crippen MR) is 71.5 cm³/mol. The molecule has 7 heteroatoms. The molecule has 18 heavy (non-hydrogen) atoms. The summed E-state index contributed by atoms with van der Waals surface area (Å²) in [6.45, 7) is 3.85. The highest BCUT2D eigenvalue weighted by atomic mass is 32.1. The zero-order valence-corrected chi connectivity index (χ0v) is 11.1. The third kappa shape index (κ3) is 3.52. The van der Waals surface area contributed by atoms with E-state index in [1.165, 1.54) is 11.1 Å². The molecule has 98 valence electrons. The van der Waals surface area contributed by atoms with Crippen LogP contribution in [0, 0.1) is 0 Å². The van der Waals surface area contributed by atoms with Crippen LogP contribution in [-0.4, -0.2) is 35.4 Å². The van der Waals surface area contributed by atoms with Gasteiger partial charge in [-0.15, -0.1) is 27.2 Å². The zero-order chi connectivity index (χ0) is 12.8. The van der Waals surface area contributed by atoms with Crippen LogP contribution >= 0.6 is 11.3 Å². The number of amides is 1. The molecule has 0 saturated heterocycles. The largest absolute Gasteiger partial charge is 0.279 e. The van der Waals surface area contributed by atoms with Gasteiger partial charge in [-0.25, -0.2) is 0 Å². The van der Waals surface area contributed by atoms with Crippen molar-refractivity contribution in [2.45, 2.75) is 19.8 Å². The number of hydrogen-bond acceptors (Lipinski definition) is 6. The van der Waals surface area contributed by atoms with Crippen molar-refractivity contribution in [3.8, 4) is 0 Å². The molecule has 6 nitrogen and oxygen atoms in total. The summed E-state index contributed by atoms with van der Waals surface area (Å²) >= 11 is 1.76. The Hall–Kier alpha value is -1.44. The fraction of sp³-hybridized carbons (Fsp3) is 0.455. The van der Waals surface area contributed by atoms with Gasteiger partial charge in [0.05, 0.1) is 0 Å². The molecule has 0 unspecified atom stereocenters. The smallest absolute Gasteiger partial charge is 0.267 e. The SMILES string of the molecule is CCCN(CCc1cccs1)N1N=CC(=O)NN1. The molecule has 0 radical (unpaired) electrons. The van der Waals surface area contributed by atoms with E-state index >= 15 is 0 Å². The Labute approximate surface area is 110 Å². The molecular weight excluding hydrogens is 250 g/mol. The first-order chi connectivity index (χ1) is 8.79. The molecule has 2 rings (SSSR count). The monoisotopic (exact) mass is 267 g/mol. The van der Waals surface area contributed by atoms with Gasteiger partial charge in [0.2, 0.25) is 0 Å². The van der Waals surface area contributed by atoms with E-state index in [-0.39, 0.29) is 5.91 Å². The van der Waals surface area contributed by atoms with Crippen LogP contribution in [0.2, 0.25) is 0 Å². The molecule has 0 atom stereocenters. The Morgan fingerprint density at radius 1 is 1.50 bits per heavy atom. The molecule has 0 fully saturated rings. The maximum Gasteiger partial charge on any atom is 0.279 e. The van der Waals surface area contributed by atoms with E-state index in [2.05, 4.69) is 45.5 Å². The fourth-order valence-corrected chi connectivity index (χ4v) is 2.37. The van der Waals surface area contributed by atoms with Crippen molar-refractivity contribution in [2.75, 3.05) is 13.1 Å². The van der Waals surface area contributed by atoms with Crippen LogP contribution in [0.15, 0.2) is 22.6 Å². The second-order valence-corrected chi connectivity index (χ2v) is 4.95. The predicted octanol–water partition coefficient (Wildman–Crippen LogP) is 0.755. The number of carbonyl (C=O) groups excluding carboxylic acids is 1. The van der Waals surface area contributed by atoms with Crippen LogP contribution < -0.4 is 11.0 Å². The lowest BCUT2D eigenvalue weighted by atomic mass is 10.3. The molecule has 0 spiro atoms. The van der Waals surface area contributed by atoms with Crippen LogP contribution in [0.25, 0.3) is 0 Å². The zero-order valence-electron chi connectivity index (χ0n) is 10.3. The topological polar surface area (TPSA) is 60.0 Å². The molecule has 1 amide bonds. The number of carbonyl (C=O) groups is 1. The Balaban J connectivity index is 1.91. The molecule has 0 aliphatic carbocycles. The average molecular weight is 267 g/mol. The molecule has 1 aromatic rings. The lowest BCUT2D eigenvalue weighted by molar-refractivity contribution is -0.129. The molecule has 1 aromatic heterocycles. The summed E-state index contributed by atoms with van der Waals surface area (Å²) in [6.07, 6.45) is 3.26. The van der Waals surface area contributed by atoms with Crippen LogP contribution in [0.1, 0.15) is 18.2 Å². The van der Waals surface area contributed by atoms with E-state index in [4.69, 9.17) is 0 Å². The fourth-order valence-electron chi connectivity index (χ4n) is 1.67. The molecule has 0 bridgehead atoms. The maximum absolute atomic E-state index is 11.0. The summed E-state index contributed by atoms with van der Waals surface area (Å²) in [5.41, 5.74) is 5.26. The van der Waals surface area contributed by atoms with E-state index in [9.17, 15) is 4.79 Å². The van der Waals surface area contributed by atoms with Crippen molar-refractivity contribution in [1.82, 2.24) is 21.2 Å². The number of rotatable bonds is 6. The maximum atomic E-state index is 11.0. The Morgan fingerprint density at radius 3 is 3.00 bits per heavy atom. The van der Waals surface area contributed by atoms with E-state index in [1.54, 1.807) is 16.6 Å². The van der Waals surface area contributed by atoms with Crippen molar-refractivity contribution in [1.29, 1.82) is 0 Å². The molecule has 2 heterocycles. The highest BCUT2D eigenvalue weighted by molar-refractivity contribution is 7.09. The van der Waals surface area contributed by atoms with E-state index in [1.807, 2.05) is 0 Å².